The van der Waals surface area contributed by atoms with Crippen molar-refractivity contribution in [3.05, 3.63) is 29.6 Å². The molecule has 2 atom stereocenters. The van der Waals surface area contributed by atoms with E-state index < -0.39 is 0 Å². The second-order valence-electron chi connectivity index (χ2n) is 5.12. The molecule has 1 aliphatic rings. The van der Waals surface area contributed by atoms with Gasteiger partial charge in [-0.25, -0.2) is 4.39 Å². The minimum atomic E-state index is -0.308. The van der Waals surface area contributed by atoms with Crippen LogP contribution in [0.5, 0.6) is 5.75 Å². The molecule has 1 aromatic carbocycles. The highest BCUT2D eigenvalue weighted by Gasteiger charge is 2.24. The average Bonchev–Trinajstić information content (AvgIpc) is 2.47. The highest BCUT2D eigenvalue weighted by molar-refractivity contribution is 5.30. The van der Waals surface area contributed by atoms with Gasteiger partial charge in [0.05, 0.1) is 19.8 Å². The minimum absolute atomic E-state index is 0.165. The Morgan fingerprint density at radius 1 is 1.55 bits per heavy atom. The first kappa shape index (κ1) is 15.2. The van der Waals surface area contributed by atoms with Crippen molar-refractivity contribution in [1.82, 2.24) is 10.2 Å². The van der Waals surface area contributed by atoms with Gasteiger partial charge in [0.25, 0.3) is 0 Å². The highest BCUT2D eigenvalue weighted by atomic mass is 19.1. The zero-order chi connectivity index (χ0) is 14.5. The smallest absolute Gasteiger partial charge is 0.165 e. The topological polar surface area (TPSA) is 33.7 Å². The van der Waals surface area contributed by atoms with E-state index in [4.69, 9.17) is 9.47 Å². The number of methoxy groups -OCH3 is 1. The molecule has 5 heteroatoms. The van der Waals surface area contributed by atoms with Crippen molar-refractivity contribution in [1.29, 1.82) is 0 Å². The molecule has 0 radical (unpaired) electrons. The predicted octanol–water partition coefficient (Wildman–Crippen LogP) is 1.82. The van der Waals surface area contributed by atoms with Crippen LogP contribution in [-0.2, 0) is 4.74 Å². The summed E-state index contributed by atoms with van der Waals surface area (Å²) < 4.78 is 24.5. The van der Waals surface area contributed by atoms with Crippen molar-refractivity contribution in [2.75, 3.05) is 40.4 Å². The quantitative estimate of drug-likeness (QED) is 0.893. The lowest BCUT2D eigenvalue weighted by Crippen LogP contribution is -2.46. The number of nitrogens with zero attached hydrogens (tertiary/aromatic N) is 1. The molecule has 0 aliphatic carbocycles. The number of likely N-dealkylation sites (N-methyl/N-ethyl adjacent to an activating group) is 1. The second-order valence-corrected chi connectivity index (χ2v) is 5.12. The lowest BCUT2D eigenvalue weighted by molar-refractivity contribution is -0.0393. The van der Waals surface area contributed by atoms with Gasteiger partial charge in [-0.1, -0.05) is 6.07 Å². The summed E-state index contributed by atoms with van der Waals surface area (Å²) in [7, 11) is 3.40. The molecule has 1 aromatic rings. The Kier molecular flexibility index (Phi) is 5.34. The van der Waals surface area contributed by atoms with Crippen molar-refractivity contribution in [3.8, 4) is 5.75 Å². The Balaban J connectivity index is 2.06. The summed E-state index contributed by atoms with van der Waals surface area (Å²) in [5.41, 5.74) is 0.966. The van der Waals surface area contributed by atoms with Crippen LogP contribution in [0.15, 0.2) is 18.2 Å². The average molecular weight is 282 g/mol. The van der Waals surface area contributed by atoms with Crippen molar-refractivity contribution < 1.29 is 13.9 Å². The van der Waals surface area contributed by atoms with Crippen molar-refractivity contribution in [2.45, 2.75) is 19.1 Å². The number of nitrogens with one attached hydrogen (secondary N) is 1. The molecule has 1 aliphatic heterocycles. The molecule has 1 N–H and O–H groups in total. The van der Waals surface area contributed by atoms with Gasteiger partial charge in [0, 0.05) is 25.7 Å². The molecule has 1 saturated heterocycles. The fourth-order valence-electron chi connectivity index (χ4n) is 2.60. The fourth-order valence-corrected chi connectivity index (χ4v) is 2.60. The van der Waals surface area contributed by atoms with Gasteiger partial charge < -0.3 is 14.8 Å². The van der Waals surface area contributed by atoms with Gasteiger partial charge in [-0.2, -0.15) is 0 Å². The SMILES string of the molecule is CNCC1CN(C(C)c2ccc(OC)c(F)c2)CCO1. The van der Waals surface area contributed by atoms with Gasteiger partial charge in [-0.3, -0.25) is 4.90 Å². The van der Waals surface area contributed by atoms with Crippen LogP contribution in [0.2, 0.25) is 0 Å². The summed E-state index contributed by atoms with van der Waals surface area (Å²) in [6.07, 6.45) is 0.194. The van der Waals surface area contributed by atoms with Crippen LogP contribution in [0.25, 0.3) is 0 Å². The lowest BCUT2D eigenvalue weighted by atomic mass is 10.1. The van der Waals surface area contributed by atoms with Gasteiger partial charge in [-0.15, -0.1) is 0 Å². The molecule has 0 bridgehead atoms. The maximum absolute atomic E-state index is 13.8. The molecule has 0 saturated carbocycles. The molecule has 1 heterocycles. The predicted molar refractivity (Wildman–Crippen MR) is 76.6 cm³/mol. The van der Waals surface area contributed by atoms with E-state index in [0.717, 1.165) is 31.8 Å². The Bertz CT molecular complexity index is 440. The summed E-state index contributed by atoms with van der Waals surface area (Å²) in [4.78, 5) is 2.33. The van der Waals surface area contributed by atoms with Crippen molar-refractivity contribution in [2.24, 2.45) is 0 Å². The highest BCUT2D eigenvalue weighted by Crippen LogP contribution is 2.26. The number of hydrogen-bond acceptors (Lipinski definition) is 4. The number of halogens is 1. The minimum Gasteiger partial charge on any atom is -0.494 e. The van der Waals surface area contributed by atoms with Crippen LogP contribution in [-0.4, -0.2) is 51.4 Å². The molecule has 20 heavy (non-hydrogen) atoms. The summed E-state index contributed by atoms with van der Waals surface area (Å²) in [5.74, 6) is -0.0205. The summed E-state index contributed by atoms with van der Waals surface area (Å²) in [6.45, 7) is 5.38. The molecule has 2 rings (SSSR count). The first-order chi connectivity index (χ1) is 9.65. The molecular formula is C15H23FN2O2. The maximum Gasteiger partial charge on any atom is 0.165 e. The van der Waals surface area contributed by atoms with E-state index in [2.05, 4.69) is 17.1 Å². The Labute approximate surface area is 119 Å². The molecular weight excluding hydrogens is 259 g/mol. The zero-order valence-corrected chi connectivity index (χ0v) is 12.4. The van der Waals surface area contributed by atoms with E-state index in [1.165, 1.54) is 7.11 Å². The number of ether oxygens (including phenoxy) is 2. The number of benzene rings is 1. The van der Waals surface area contributed by atoms with Crippen LogP contribution in [0.1, 0.15) is 18.5 Å². The largest absolute Gasteiger partial charge is 0.494 e. The van der Waals surface area contributed by atoms with Gasteiger partial charge in [0.15, 0.2) is 11.6 Å². The van der Waals surface area contributed by atoms with Gasteiger partial charge >= 0.3 is 0 Å². The van der Waals surface area contributed by atoms with Gasteiger partial charge in [0.2, 0.25) is 0 Å². The maximum atomic E-state index is 13.8. The Morgan fingerprint density at radius 2 is 2.35 bits per heavy atom. The van der Waals surface area contributed by atoms with E-state index in [0.29, 0.717) is 0 Å². The first-order valence-corrected chi connectivity index (χ1v) is 6.99. The van der Waals surface area contributed by atoms with Gasteiger partial charge in [0.1, 0.15) is 0 Å². The number of rotatable bonds is 5. The summed E-state index contributed by atoms with van der Waals surface area (Å²) in [5, 5.41) is 3.13. The first-order valence-electron chi connectivity index (χ1n) is 6.99. The third-order valence-electron chi connectivity index (χ3n) is 3.81. The lowest BCUT2D eigenvalue weighted by Gasteiger charge is -2.37. The molecule has 0 aromatic heterocycles. The summed E-state index contributed by atoms with van der Waals surface area (Å²) >= 11 is 0. The van der Waals surface area contributed by atoms with Crippen molar-refractivity contribution >= 4 is 0 Å². The third kappa shape index (κ3) is 3.48. The van der Waals surface area contributed by atoms with E-state index in [1.807, 2.05) is 13.1 Å². The van der Waals surface area contributed by atoms with Crippen molar-refractivity contribution in [3.63, 3.8) is 0 Å². The standard InChI is InChI=1S/C15H23FN2O2/c1-11(12-4-5-15(19-3)14(16)8-12)18-6-7-20-13(10-18)9-17-2/h4-5,8,11,13,17H,6-7,9-10H2,1-3H3. The Morgan fingerprint density at radius 3 is 3.00 bits per heavy atom. The number of hydrogen-bond donors (Lipinski definition) is 1. The molecule has 4 nitrogen and oxygen atoms in total. The van der Waals surface area contributed by atoms with E-state index in [9.17, 15) is 4.39 Å². The van der Waals surface area contributed by atoms with E-state index in [1.54, 1.807) is 12.1 Å². The van der Waals surface area contributed by atoms with Crippen LogP contribution in [0.4, 0.5) is 4.39 Å². The zero-order valence-electron chi connectivity index (χ0n) is 12.4. The van der Waals surface area contributed by atoms with Gasteiger partial charge in [-0.05, 0) is 31.7 Å². The normalized spacial score (nSPS) is 21.7. The molecule has 1 fully saturated rings. The third-order valence-corrected chi connectivity index (χ3v) is 3.81. The van der Waals surface area contributed by atoms with Crippen LogP contribution < -0.4 is 10.1 Å². The molecule has 0 amide bonds. The molecule has 0 spiro atoms. The molecule has 112 valence electrons. The van der Waals surface area contributed by atoms with E-state index in [-0.39, 0.29) is 23.7 Å². The van der Waals surface area contributed by atoms with Crippen LogP contribution >= 0.6 is 0 Å². The summed E-state index contributed by atoms with van der Waals surface area (Å²) in [6, 6.07) is 5.34. The monoisotopic (exact) mass is 282 g/mol. The van der Waals surface area contributed by atoms with E-state index >= 15 is 0 Å². The fraction of sp³-hybridized carbons (Fsp3) is 0.600. The molecule has 2 unspecified atom stereocenters. The Hall–Kier alpha value is -1.17. The number of morpholine rings is 1. The van der Waals surface area contributed by atoms with Crippen LogP contribution in [0.3, 0.4) is 0 Å². The second kappa shape index (κ2) is 7.02. The van der Waals surface area contributed by atoms with Crippen LogP contribution in [0, 0.1) is 5.82 Å².